The Bertz CT molecular complexity index is 950. The van der Waals surface area contributed by atoms with Gasteiger partial charge in [-0.3, -0.25) is 19.8 Å². The van der Waals surface area contributed by atoms with Gasteiger partial charge in [0.25, 0.3) is 11.8 Å². The average Bonchev–Trinajstić information content (AvgIpc) is 2.66. The highest BCUT2D eigenvalue weighted by molar-refractivity contribution is 6.05. The molecule has 6 nitrogen and oxygen atoms in total. The quantitative estimate of drug-likeness (QED) is 0.389. The van der Waals surface area contributed by atoms with Crippen LogP contribution in [0.1, 0.15) is 15.9 Å². The number of hydrogen-bond donors (Lipinski definition) is 3. The number of nitrogens with zero attached hydrogens (tertiary/aromatic N) is 1. The van der Waals surface area contributed by atoms with E-state index >= 15 is 0 Å². The molecule has 0 unspecified atom stereocenters. The SMILES string of the molecule is O=C(C=Cc1ccc(C(=O)Nc2ccc3ncccc3c2)cc1)NO. The molecular formula is C19H15N3O3. The van der Waals surface area contributed by atoms with Gasteiger partial charge in [0.2, 0.25) is 0 Å². The summed E-state index contributed by atoms with van der Waals surface area (Å²) in [5.41, 5.74) is 4.29. The molecule has 3 aromatic rings. The molecule has 0 radical (unpaired) electrons. The van der Waals surface area contributed by atoms with Gasteiger partial charge in [0, 0.05) is 28.9 Å². The molecule has 25 heavy (non-hydrogen) atoms. The summed E-state index contributed by atoms with van der Waals surface area (Å²) < 4.78 is 0. The zero-order chi connectivity index (χ0) is 17.6. The molecule has 1 heterocycles. The van der Waals surface area contributed by atoms with Gasteiger partial charge in [-0.1, -0.05) is 18.2 Å². The Balaban J connectivity index is 1.71. The number of hydrogen-bond acceptors (Lipinski definition) is 4. The lowest BCUT2D eigenvalue weighted by atomic mass is 10.1. The van der Waals surface area contributed by atoms with Crippen molar-refractivity contribution in [3.63, 3.8) is 0 Å². The van der Waals surface area contributed by atoms with Crippen LogP contribution in [0.15, 0.2) is 66.9 Å². The monoisotopic (exact) mass is 333 g/mol. The molecule has 0 spiro atoms. The Hall–Kier alpha value is -3.51. The van der Waals surface area contributed by atoms with Crippen LogP contribution in [0, 0.1) is 0 Å². The van der Waals surface area contributed by atoms with Crippen molar-refractivity contribution in [2.24, 2.45) is 0 Å². The largest absolute Gasteiger partial charge is 0.322 e. The highest BCUT2D eigenvalue weighted by Gasteiger charge is 2.06. The molecule has 2 amide bonds. The van der Waals surface area contributed by atoms with Gasteiger partial charge in [-0.15, -0.1) is 0 Å². The molecule has 0 saturated carbocycles. The van der Waals surface area contributed by atoms with E-state index in [0.29, 0.717) is 11.3 Å². The fourth-order valence-electron chi connectivity index (χ4n) is 2.31. The van der Waals surface area contributed by atoms with E-state index in [1.54, 1.807) is 36.5 Å². The predicted octanol–water partition coefficient (Wildman–Crippen LogP) is 3.01. The highest BCUT2D eigenvalue weighted by atomic mass is 16.5. The van der Waals surface area contributed by atoms with Crippen molar-refractivity contribution in [1.82, 2.24) is 10.5 Å². The minimum atomic E-state index is -0.618. The second-order valence-corrected chi connectivity index (χ2v) is 5.30. The van der Waals surface area contributed by atoms with Crippen molar-refractivity contribution in [2.45, 2.75) is 0 Å². The van der Waals surface area contributed by atoms with Crippen LogP contribution in [0.2, 0.25) is 0 Å². The Labute approximate surface area is 143 Å². The van der Waals surface area contributed by atoms with Crippen LogP contribution >= 0.6 is 0 Å². The maximum absolute atomic E-state index is 12.3. The van der Waals surface area contributed by atoms with Gasteiger partial charge in [0.05, 0.1) is 5.52 Å². The third-order valence-corrected chi connectivity index (χ3v) is 3.57. The molecule has 3 rings (SSSR count). The van der Waals surface area contributed by atoms with Crippen molar-refractivity contribution in [3.8, 4) is 0 Å². The number of amides is 2. The van der Waals surface area contributed by atoms with Gasteiger partial charge in [-0.25, -0.2) is 5.48 Å². The molecule has 2 aromatic carbocycles. The molecule has 0 aliphatic rings. The van der Waals surface area contributed by atoms with Crippen molar-refractivity contribution in [1.29, 1.82) is 0 Å². The number of carbonyl (C=O) groups is 2. The van der Waals surface area contributed by atoms with Crippen LogP contribution in [-0.2, 0) is 4.79 Å². The lowest BCUT2D eigenvalue weighted by Crippen LogP contribution is -2.14. The summed E-state index contributed by atoms with van der Waals surface area (Å²) in [6.45, 7) is 0. The first kappa shape index (κ1) is 16.4. The van der Waals surface area contributed by atoms with Crippen molar-refractivity contribution >= 4 is 34.5 Å². The number of aromatic nitrogens is 1. The summed E-state index contributed by atoms with van der Waals surface area (Å²) in [6.07, 6.45) is 4.45. The molecule has 6 heteroatoms. The maximum Gasteiger partial charge on any atom is 0.267 e. The molecule has 0 fully saturated rings. The van der Waals surface area contributed by atoms with Gasteiger partial charge in [-0.05, 0) is 48.0 Å². The first-order chi connectivity index (χ1) is 12.2. The van der Waals surface area contributed by atoms with Crippen LogP contribution in [0.25, 0.3) is 17.0 Å². The molecule has 0 saturated heterocycles. The van der Waals surface area contributed by atoms with E-state index in [9.17, 15) is 9.59 Å². The number of carbonyl (C=O) groups excluding carboxylic acids is 2. The maximum atomic E-state index is 12.3. The van der Waals surface area contributed by atoms with Crippen LogP contribution in [-0.4, -0.2) is 22.0 Å². The lowest BCUT2D eigenvalue weighted by molar-refractivity contribution is -0.124. The van der Waals surface area contributed by atoms with Gasteiger partial charge in [0.1, 0.15) is 0 Å². The zero-order valence-corrected chi connectivity index (χ0v) is 13.1. The van der Waals surface area contributed by atoms with Crippen LogP contribution in [0.5, 0.6) is 0 Å². The van der Waals surface area contributed by atoms with E-state index < -0.39 is 5.91 Å². The average molecular weight is 333 g/mol. The zero-order valence-electron chi connectivity index (χ0n) is 13.1. The number of rotatable bonds is 4. The Kier molecular flexibility index (Phi) is 4.82. The lowest BCUT2D eigenvalue weighted by Gasteiger charge is -2.07. The van der Waals surface area contributed by atoms with Crippen LogP contribution in [0.3, 0.4) is 0 Å². The normalized spacial score (nSPS) is 10.8. The summed E-state index contributed by atoms with van der Waals surface area (Å²) in [7, 11) is 0. The van der Waals surface area contributed by atoms with E-state index in [1.165, 1.54) is 17.6 Å². The number of benzene rings is 2. The molecule has 0 bridgehead atoms. The van der Waals surface area contributed by atoms with E-state index in [0.717, 1.165) is 16.5 Å². The summed E-state index contributed by atoms with van der Waals surface area (Å²) in [5.74, 6) is -0.848. The summed E-state index contributed by atoms with van der Waals surface area (Å²) >= 11 is 0. The van der Waals surface area contributed by atoms with Crippen molar-refractivity contribution < 1.29 is 14.8 Å². The molecule has 1 aromatic heterocycles. The van der Waals surface area contributed by atoms with Crippen LogP contribution in [0.4, 0.5) is 5.69 Å². The molecular weight excluding hydrogens is 318 g/mol. The molecule has 124 valence electrons. The third-order valence-electron chi connectivity index (χ3n) is 3.57. The molecule has 0 aliphatic heterocycles. The van der Waals surface area contributed by atoms with E-state index in [-0.39, 0.29) is 5.91 Å². The molecule has 3 N–H and O–H groups in total. The second-order valence-electron chi connectivity index (χ2n) is 5.30. The van der Waals surface area contributed by atoms with E-state index in [2.05, 4.69) is 10.3 Å². The van der Waals surface area contributed by atoms with Crippen LogP contribution < -0.4 is 10.8 Å². The van der Waals surface area contributed by atoms with E-state index in [4.69, 9.17) is 5.21 Å². The Morgan fingerprint density at radius 2 is 1.84 bits per heavy atom. The summed E-state index contributed by atoms with van der Waals surface area (Å²) in [4.78, 5) is 27.5. The Morgan fingerprint density at radius 1 is 1.04 bits per heavy atom. The standard InChI is InChI=1S/C19H15N3O3/c23-18(22-25)10-5-13-3-6-14(7-4-13)19(24)21-16-8-9-17-15(12-16)2-1-11-20-17/h1-12,25H,(H,21,24)(H,22,23). The first-order valence-electron chi connectivity index (χ1n) is 7.54. The molecule has 0 atom stereocenters. The minimum absolute atomic E-state index is 0.230. The van der Waals surface area contributed by atoms with Gasteiger partial charge in [0.15, 0.2) is 0 Å². The third kappa shape index (κ3) is 4.07. The van der Waals surface area contributed by atoms with Crippen molar-refractivity contribution in [3.05, 3.63) is 78.0 Å². The highest BCUT2D eigenvalue weighted by Crippen LogP contribution is 2.18. The number of pyridine rings is 1. The van der Waals surface area contributed by atoms with Gasteiger partial charge >= 0.3 is 0 Å². The number of fused-ring (bicyclic) bond motifs is 1. The summed E-state index contributed by atoms with van der Waals surface area (Å²) in [5, 5.41) is 12.2. The van der Waals surface area contributed by atoms with E-state index in [1.807, 2.05) is 24.3 Å². The smallest absolute Gasteiger partial charge is 0.267 e. The van der Waals surface area contributed by atoms with Gasteiger partial charge in [-0.2, -0.15) is 0 Å². The fraction of sp³-hybridized carbons (Fsp3) is 0. The number of anilines is 1. The first-order valence-corrected chi connectivity index (χ1v) is 7.54. The summed E-state index contributed by atoms with van der Waals surface area (Å²) in [6, 6.07) is 16.0. The minimum Gasteiger partial charge on any atom is -0.322 e. The number of nitrogens with one attached hydrogen (secondary N) is 2. The van der Waals surface area contributed by atoms with Gasteiger partial charge < -0.3 is 5.32 Å². The van der Waals surface area contributed by atoms with Crippen molar-refractivity contribution in [2.75, 3.05) is 5.32 Å². The second kappa shape index (κ2) is 7.37. The topological polar surface area (TPSA) is 91.3 Å². The number of hydroxylamine groups is 1. The molecule has 0 aliphatic carbocycles. The fourth-order valence-corrected chi connectivity index (χ4v) is 2.31. The predicted molar refractivity (Wildman–Crippen MR) is 95.1 cm³/mol. The Morgan fingerprint density at radius 3 is 2.60 bits per heavy atom.